The monoisotopic (exact) mass is 547 g/mol. The molecule has 0 aliphatic carbocycles. The number of aliphatic imine (C=N–C) groups is 1. The molecule has 7 heteroatoms. The van der Waals surface area contributed by atoms with Crippen LogP contribution >= 0.6 is 39.9 Å². The molecular weight excluding hydrogens is 521 g/mol. The molecule has 2 rings (SSSR count). The van der Waals surface area contributed by atoms with Crippen LogP contribution in [0.3, 0.4) is 0 Å². The Balaban J connectivity index is 0.00000364. The Morgan fingerprint density at radius 3 is 2.48 bits per heavy atom. The van der Waals surface area contributed by atoms with E-state index >= 15 is 0 Å². The molecule has 5 nitrogen and oxygen atoms in total. The van der Waals surface area contributed by atoms with E-state index in [0.29, 0.717) is 19.0 Å². The van der Waals surface area contributed by atoms with E-state index in [1.54, 1.807) is 14.0 Å². The number of benzene rings is 2. The van der Waals surface area contributed by atoms with E-state index in [1.807, 2.05) is 55.5 Å². The predicted molar refractivity (Wildman–Crippen MR) is 125 cm³/mol. The van der Waals surface area contributed by atoms with Gasteiger partial charge in [0.05, 0.1) is 24.7 Å². The van der Waals surface area contributed by atoms with Gasteiger partial charge in [0, 0.05) is 6.54 Å². The van der Waals surface area contributed by atoms with Gasteiger partial charge in [0.2, 0.25) is 0 Å². The first-order valence-electron chi connectivity index (χ1n) is 8.58. The molecular formula is C20H27BrIN3O2. The van der Waals surface area contributed by atoms with Crippen molar-refractivity contribution in [2.24, 2.45) is 4.99 Å². The molecule has 1 unspecified atom stereocenters. The molecule has 1 atom stereocenters. The van der Waals surface area contributed by atoms with Crippen LogP contribution in [0.4, 0.5) is 0 Å². The van der Waals surface area contributed by atoms with E-state index in [4.69, 9.17) is 4.74 Å². The zero-order chi connectivity index (χ0) is 19.0. The van der Waals surface area contributed by atoms with Gasteiger partial charge in [-0.15, -0.1) is 24.0 Å². The van der Waals surface area contributed by atoms with Crippen molar-refractivity contribution >= 4 is 45.9 Å². The smallest absolute Gasteiger partial charge is 0.191 e. The average molecular weight is 548 g/mol. The zero-order valence-corrected chi connectivity index (χ0v) is 19.7. The maximum atomic E-state index is 10.7. The summed E-state index contributed by atoms with van der Waals surface area (Å²) in [7, 11) is 1.64. The first-order valence-corrected chi connectivity index (χ1v) is 9.38. The van der Waals surface area contributed by atoms with Gasteiger partial charge in [0.25, 0.3) is 0 Å². The lowest BCUT2D eigenvalue weighted by Gasteiger charge is -2.25. The van der Waals surface area contributed by atoms with Crippen molar-refractivity contribution in [3.63, 3.8) is 0 Å². The summed E-state index contributed by atoms with van der Waals surface area (Å²) in [6.07, 6.45) is 0. The summed E-state index contributed by atoms with van der Waals surface area (Å²) in [5.41, 5.74) is 0.938. The van der Waals surface area contributed by atoms with Crippen LogP contribution in [-0.4, -0.2) is 31.3 Å². The summed E-state index contributed by atoms with van der Waals surface area (Å²) >= 11 is 3.49. The lowest BCUT2D eigenvalue weighted by Crippen LogP contribution is -2.44. The van der Waals surface area contributed by atoms with Crippen molar-refractivity contribution < 1.29 is 9.84 Å². The van der Waals surface area contributed by atoms with Crippen LogP contribution in [0.15, 0.2) is 58.0 Å². The van der Waals surface area contributed by atoms with Crippen molar-refractivity contribution in [1.29, 1.82) is 0 Å². The van der Waals surface area contributed by atoms with Gasteiger partial charge < -0.3 is 20.5 Å². The lowest BCUT2D eigenvalue weighted by molar-refractivity contribution is 0.0617. The molecule has 0 aliphatic heterocycles. The van der Waals surface area contributed by atoms with Crippen LogP contribution < -0.4 is 15.4 Å². The number of nitrogens with one attached hydrogen (secondary N) is 2. The first-order chi connectivity index (χ1) is 12.5. The maximum Gasteiger partial charge on any atom is 0.191 e. The molecule has 0 radical (unpaired) electrons. The molecule has 0 fully saturated rings. The minimum Gasteiger partial charge on any atom is -0.496 e. The van der Waals surface area contributed by atoms with Crippen molar-refractivity contribution in [2.75, 3.05) is 20.2 Å². The number of halogens is 2. The second kappa shape index (κ2) is 11.5. The Bertz CT molecular complexity index is 739. The van der Waals surface area contributed by atoms with Gasteiger partial charge in [0.1, 0.15) is 11.4 Å². The highest BCUT2D eigenvalue weighted by Crippen LogP contribution is 2.25. The third kappa shape index (κ3) is 7.31. The van der Waals surface area contributed by atoms with Gasteiger partial charge in [-0.1, -0.05) is 36.4 Å². The summed E-state index contributed by atoms with van der Waals surface area (Å²) in [5.74, 6) is 1.46. The fourth-order valence-electron chi connectivity index (χ4n) is 2.48. The highest BCUT2D eigenvalue weighted by atomic mass is 127. The third-order valence-corrected chi connectivity index (χ3v) is 4.60. The normalized spacial score (nSPS) is 13.3. The van der Waals surface area contributed by atoms with Crippen molar-refractivity contribution in [3.8, 4) is 5.75 Å². The van der Waals surface area contributed by atoms with Gasteiger partial charge in [-0.05, 0) is 53.0 Å². The molecule has 0 saturated carbocycles. The van der Waals surface area contributed by atoms with Crippen LogP contribution in [0.1, 0.15) is 25.0 Å². The standard InChI is InChI=1S/C20H26BrN3O2.HI/c1-4-22-19(23-13-15-10-11-18(26-3)17(21)12-15)24-14-20(2,25)16-8-6-5-7-9-16;/h5-12,25H,4,13-14H2,1-3H3,(H2,22,23,24);1H. The van der Waals surface area contributed by atoms with Crippen molar-refractivity contribution in [2.45, 2.75) is 26.0 Å². The number of ether oxygens (including phenoxy) is 1. The number of nitrogens with zero attached hydrogens (tertiary/aromatic N) is 1. The number of aliphatic hydroxyl groups is 1. The van der Waals surface area contributed by atoms with Gasteiger partial charge >= 0.3 is 0 Å². The summed E-state index contributed by atoms with van der Waals surface area (Å²) < 4.78 is 6.15. The van der Waals surface area contributed by atoms with Gasteiger partial charge in [-0.3, -0.25) is 0 Å². The van der Waals surface area contributed by atoms with Gasteiger partial charge in [-0.25, -0.2) is 4.99 Å². The van der Waals surface area contributed by atoms with Gasteiger partial charge in [-0.2, -0.15) is 0 Å². The minimum absolute atomic E-state index is 0. The zero-order valence-electron chi connectivity index (χ0n) is 15.8. The second-order valence-electron chi connectivity index (χ2n) is 6.16. The Hall–Kier alpha value is -1.32. The topological polar surface area (TPSA) is 65.9 Å². The molecule has 0 aromatic heterocycles. The van der Waals surface area contributed by atoms with E-state index in [-0.39, 0.29) is 24.0 Å². The summed E-state index contributed by atoms with van der Waals surface area (Å²) in [5, 5.41) is 17.1. The Labute approximate surface area is 186 Å². The van der Waals surface area contributed by atoms with Crippen LogP contribution in [0.25, 0.3) is 0 Å². The second-order valence-corrected chi connectivity index (χ2v) is 7.01. The van der Waals surface area contributed by atoms with Crippen molar-refractivity contribution in [1.82, 2.24) is 10.6 Å². The van der Waals surface area contributed by atoms with Gasteiger partial charge in [0.15, 0.2) is 5.96 Å². The van der Waals surface area contributed by atoms with Crippen LogP contribution in [-0.2, 0) is 12.1 Å². The third-order valence-electron chi connectivity index (χ3n) is 3.98. The Morgan fingerprint density at radius 1 is 1.19 bits per heavy atom. The molecule has 0 spiro atoms. The molecule has 0 saturated heterocycles. The first kappa shape index (κ1) is 23.7. The highest BCUT2D eigenvalue weighted by Gasteiger charge is 2.22. The number of hydrogen-bond donors (Lipinski definition) is 3. The van der Waals surface area contributed by atoms with Crippen LogP contribution in [0, 0.1) is 0 Å². The highest BCUT2D eigenvalue weighted by molar-refractivity contribution is 14.0. The molecule has 2 aromatic rings. The molecule has 0 amide bonds. The molecule has 3 N–H and O–H groups in total. The van der Waals surface area contributed by atoms with E-state index in [2.05, 4.69) is 31.6 Å². The number of rotatable bonds is 7. The quantitative estimate of drug-likeness (QED) is 0.278. The molecule has 2 aromatic carbocycles. The largest absolute Gasteiger partial charge is 0.496 e. The van der Waals surface area contributed by atoms with E-state index in [1.165, 1.54) is 0 Å². The number of methoxy groups -OCH3 is 1. The maximum absolute atomic E-state index is 10.7. The molecule has 148 valence electrons. The van der Waals surface area contributed by atoms with E-state index in [0.717, 1.165) is 27.9 Å². The van der Waals surface area contributed by atoms with E-state index < -0.39 is 5.60 Å². The summed E-state index contributed by atoms with van der Waals surface area (Å²) in [6.45, 7) is 5.42. The number of guanidine groups is 1. The molecule has 27 heavy (non-hydrogen) atoms. The predicted octanol–water partition coefficient (Wildman–Crippen LogP) is 4.04. The summed E-state index contributed by atoms with van der Waals surface area (Å²) in [4.78, 5) is 4.60. The molecule has 0 bridgehead atoms. The van der Waals surface area contributed by atoms with Crippen LogP contribution in [0.5, 0.6) is 5.75 Å². The van der Waals surface area contributed by atoms with Crippen LogP contribution in [0.2, 0.25) is 0 Å². The fraction of sp³-hybridized carbons (Fsp3) is 0.350. The molecule has 0 aliphatic rings. The Morgan fingerprint density at radius 2 is 1.89 bits per heavy atom. The average Bonchev–Trinajstić information content (AvgIpc) is 2.65. The van der Waals surface area contributed by atoms with Crippen molar-refractivity contribution in [3.05, 3.63) is 64.1 Å². The van der Waals surface area contributed by atoms with E-state index in [9.17, 15) is 5.11 Å². The number of hydrogen-bond acceptors (Lipinski definition) is 3. The molecule has 0 heterocycles. The SMILES string of the molecule is CCNC(=NCc1ccc(OC)c(Br)c1)NCC(C)(O)c1ccccc1.I. The fourth-order valence-corrected chi connectivity index (χ4v) is 3.06. The Kier molecular flexibility index (Phi) is 10.1. The lowest BCUT2D eigenvalue weighted by atomic mass is 9.96. The summed E-state index contributed by atoms with van der Waals surface area (Å²) in [6, 6.07) is 15.5. The minimum atomic E-state index is -0.986.